The second-order valence-electron chi connectivity index (χ2n) is 7.07. The Morgan fingerprint density at radius 2 is 1.38 bits per heavy atom. The lowest BCUT2D eigenvalue weighted by molar-refractivity contribution is -0.645. The van der Waals surface area contributed by atoms with Crippen molar-refractivity contribution in [2.75, 3.05) is 38.0 Å². The Morgan fingerprint density at radius 3 is 1.81 bits per heavy atom. The molecule has 0 atom stereocenters. The normalized spacial score (nSPS) is 11.1. The molecule has 2 aromatic carbocycles. The molecule has 0 bridgehead atoms. The van der Waals surface area contributed by atoms with Gasteiger partial charge >= 0.3 is 5.97 Å². The van der Waals surface area contributed by atoms with E-state index in [0.29, 0.717) is 13.0 Å². The van der Waals surface area contributed by atoms with E-state index in [1.807, 2.05) is 28.2 Å². The molecule has 0 radical (unpaired) electrons. The average molecular weight is 352 g/mol. The van der Waals surface area contributed by atoms with Gasteiger partial charge in [0.1, 0.15) is 6.54 Å². The number of carboxylic acid groups (broad SMARTS) is 1. The molecule has 5 heteroatoms. The Kier molecular flexibility index (Phi) is 4.98. The smallest absolute Gasteiger partial charge is 0.303 e. The Bertz CT molecular complexity index is 898. The van der Waals surface area contributed by atoms with Crippen LogP contribution in [0, 0.1) is 0 Å². The Balaban J connectivity index is 2.24. The number of anilines is 2. The highest BCUT2D eigenvalue weighted by Crippen LogP contribution is 2.25. The van der Waals surface area contributed by atoms with Crippen molar-refractivity contribution in [3.05, 3.63) is 42.5 Å². The number of benzene rings is 2. The molecule has 0 aliphatic carbocycles. The summed E-state index contributed by atoms with van der Waals surface area (Å²) in [6.45, 7) is 0.675. The van der Waals surface area contributed by atoms with Crippen molar-refractivity contribution in [3.63, 3.8) is 0 Å². The number of carboxylic acids is 1. The summed E-state index contributed by atoms with van der Waals surface area (Å²) >= 11 is 0. The minimum atomic E-state index is -0.752. The number of rotatable bonds is 6. The number of aryl methyl sites for hydroxylation is 1. The highest BCUT2D eigenvalue weighted by atomic mass is 16.4. The average Bonchev–Trinajstić information content (AvgIpc) is 2.59. The largest absolute Gasteiger partial charge is 0.481 e. The highest BCUT2D eigenvalue weighted by molar-refractivity contribution is 5.91. The monoisotopic (exact) mass is 352 g/mol. The maximum absolute atomic E-state index is 11.0. The summed E-state index contributed by atoms with van der Waals surface area (Å²) in [5.74, 6) is -0.752. The molecule has 1 N–H and O–H groups in total. The van der Waals surface area contributed by atoms with E-state index in [-0.39, 0.29) is 6.42 Å². The van der Waals surface area contributed by atoms with E-state index in [1.165, 1.54) is 0 Å². The van der Waals surface area contributed by atoms with Crippen LogP contribution in [0.2, 0.25) is 0 Å². The van der Waals surface area contributed by atoms with Gasteiger partial charge in [0, 0.05) is 68.9 Å². The van der Waals surface area contributed by atoms with Crippen LogP contribution in [0.3, 0.4) is 0 Å². The van der Waals surface area contributed by atoms with Crippen molar-refractivity contribution >= 4 is 39.1 Å². The number of fused-ring (bicyclic) bond motifs is 2. The van der Waals surface area contributed by atoms with Crippen molar-refractivity contribution in [3.8, 4) is 0 Å². The van der Waals surface area contributed by atoms with Crippen LogP contribution in [0.25, 0.3) is 21.8 Å². The molecule has 26 heavy (non-hydrogen) atoms. The van der Waals surface area contributed by atoms with Crippen molar-refractivity contribution < 1.29 is 14.5 Å². The summed E-state index contributed by atoms with van der Waals surface area (Å²) in [6, 6.07) is 15.1. The van der Waals surface area contributed by atoms with Gasteiger partial charge in [-0.25, -0.2) is 0 Å². The third-order valence-corrected chi connectivity index (χ3v) is 4.73. The fraction of sp³-hybridized carbons (Fsp3) is 0.333. The van der Waals surface area contributed by atoms with Crippen molar-refractivity contribution in [2.24, 2.45) is 0 Å². The second kappa shape index (κ2) is 7.20. The van der Waals surface area contributed by atoms with Crippen LogP contribution < -0.4 is 14.4 Å². The first-order valence-electron chi connectivity index (χ1n) is 8.83. The van der Waals surface area contributed by atoms with Crippen LogP contribution >= 0.6 is 0 Å². The van der Waals surface area contributed by atoms with Crippen molar-refractivity contribution in [1.82, 2.24) is 0 Å². The number of hydrogen-bond acceptors (Lipinski definition) is 3. The highest BCUT2D eigenvalue weighted by Gasteiger charge is 2.17. The molecule has 3 rings (SSSR count). The molecule has 0 saturated heterocycles. The summed E-state index contributed by atoms with van der Waals surface area (Å²) in [4.78, 5) is 15.2. The number of pyridine rings is 1. The van der Waals surface area contributed by atoms with Crippen LogP contribution in [-0.2, 0) is 11.3 Å². The van der Waals surface area contributed by atoms with Crippen LogP contribution in [0.4, 0.5) is 11.4 Å². The molecule has 0 aliphatic rings. The summed E-state index contributed by atoms with van der Waals surface area (Å²) in [5.41, 5.74) is 4.52. The van der Waals surface area contributed by atoms with E-state index < -0.39 is 5.97 Å². The van der Waals surface area contributed by atoms with Gasteiger partial charge in [0.2, 0.25) is 11.0 Å². The fourth-order valence-electron chi connectivity index (χ4n) is 3.26. The van der Waals surface area contributed by atoms with Crippen LogP contribution in [0.5, 0.6) is 0 Å². The van der Waals surface area contributed by atoms with Crippen LogP contribution in [0.1, 0.15) is 12.8 Å². The zero-order chi connectivity index (χ0) is 18.8. The molecule has 5 nitrogen and oxygen atoms in total. The van der Waals surface area contributed by atoms with Gasteiger partial charge in [-0.05, 0) is 30.3 Å². The number of carbonyl (C=O) groups is 1. The molecule has 1 aromatic heterocycles. The topological polar surface area (TPSA) is 47.7 Å². The molecule has 0 fully saturated rings. The van der Waals surface area contributed by atoms with Gasteiger partial charge in [-0.1, -0.05) is 0 Å². The van der Waals surface area contributed by atoms with Crippen molar-refractivity contribution in [2.45, 2.75) is 19.4 Å². The lowest BCUT2D eigenvalue weighted by Crippen LogP contribution is -2.36. The molecular formula is C21H26N3O2+. The molecule has 136 valence electrons. The minimum absolute atomic E-state index is 0.172. The van der Waals surface area contributed by atoms with Gasteiger partial charge in [-0.2, -0.15) is 4.57 Å². The predicted octanol–water partition coefficient (Wildman–Crippen LogP) is 3.28. The first kappa shape index (κ1) is 18.0. The standard InChI is InChI=1S/C21H25N3O2/c1-22(2)17-9-7-15-12-16-8-10-18(23(3)4)14-20(16)24(19(15)13-17)11-5-6-21(25)26/h7-10,12-14H,5-6,11H2,1-4H3/p+1. The molecule has 1 heterocycles. The summed E-state index contributed by atoms with van der Waals surface area (Å²) < 4.78 is 2.26. The zero-order valence-electron chi connectivity index (χ0n) is 15.9. The molecule has 0 amide bonds. The maximum Gasteiger partial charge on any atom is 0.303 e. The van der Waals surface area contributed by atoms with Crippen LogP contribution in [0.15, 0.2) is 42.5 Å². The lowest BCUT2D eigenvalue weighted by Gasteiger charge is -2.15. The fourth-order valence-corrected chi connectivity index (χ4v) is 3.26. The van der Waals surface area contributed by atoms with Gasteiger partial charge in [0.15, 0.2) is 0 Å². The van der Waals surface area contributed by atoms with Gasteiger partial charge in [-0.3, -0.25) is 4.79 Å². The first-order valence-corrected chi connectivity index (χ1v) is 8.83. The lowest BCUT2D eigenvalue weighted by atomic mass is 10.1. The quantitative estimate of drug-likeness (QED) is 0.546. The predicted molar refractivity (Wildman–Crippen MR) is 107 cm³/mol. The molecule has 0 aliphatic heterocycles. The van der Waals surface area contributed by atoms with E-state index in [0.717, 1.165) is 33.2 Å². The summed E-state index contributed by atoms with van der Waals surface area (Å²) in [5, 5.41) is 11.4. The first-order chi connectivity index (χ1) is 12.4. The molecule has 0 spiro atoms. The number of aliphatic carboxylic acids is 1. The molecule has 0 unspecified atom stereocenters. The van der Waals surface area contributed by atoms with Crippen molar-refractivity contribution in [1.29, 1.82) is 0 Å². The molecule has 3 aromatic rings. The van der Waals surface area contributed by atoms with Gasteiger partial charge in [0.25, 0.3) is 0 Å². The second-order valence-corrected chi connectivity index (χ2v) is 7.07. The van der Waals surface area contributed by atoms with Crippen LogP contribution in [-0.4, -0.2) is 39.3 Å². The minimum Gasteiger partial charge on any atom is -0.481 e. The zero-order valence-corrected chi connectivity index (χ0v) is 15.9. The third kappa shape index (κ3) is 3.57. The van der Waals surface area contributed by atoms with E-state index >= 15 is 0 Å². The number of hydrogen-bond donors (Lipinski definition) is 1. The van der Waals surface area contributed by atoms with Gasteiger partial charge in [-0.15, -0.1) is 0 Å². The Morgan fingerprint density at radius 1 is 0.885 bits per heavy atom. The van der Waals surface area contributed by atoms with Gasteiger partial charge in [0.05, 0.1) is 6.42 Å². The molecule has 0 saturated carbocycles. The van der Waals surface area contributed by atoms with Gasteiger partial charge < -0.3 is 14.9 Å². The molecular weight excluding hydrogens is 326 g/mol. The number of aromatic nitrogens is 1. The SMILES string of the molecule is CN(C)c1ccc2cc3ccc(N(C)C)cc3[n+](CCCC(=O)O)c2c1. The van der Waals surface area contributed by atoms with E-state index in [2.05, 4.69) is 56.8 Å². The third-order valence-electron chi connectivity index (χ3n) is 4.73. The summed E-state index contributed by atoms with van der Waals surface area (Å²) in [7, 11) is 8.12. The van der Waals surface area contributed by atoms with E-state index in [1.54, 1.807) is 0 Å². The van der Waals surface area contributed by atoms with E-state index in [4.69, 9.17) is 5.11 Å². The van der Waals surface area contributed by atoms with E-state index in [9.17, 15) is 4.79 Å². The Labute approximate surface area is 154 Å². The summed E-state index contributed by atoms with van der Waals surface area (Å²) in [6.07, 6.45) is 0.776. The Hall–Kier alpha value is -2.82. The maximum atomic E-state index is 11.0. The number of nitrogens with zero attached hydrogens (tertiary/aromatic N) is 3.